The molecule has 1 unspecified atom stereocenters. The molecule has 0 fully saturated rings. The number of thiophene rings is 1. The summed E-state index contributed by atoms with van der Waals surface area (Å²) < 4.78 is 1.29. The van der Waals surface area contributed by atoms with E-state index in [9.17, 15) is 0 Å². The number of unbranched alkanes of at least 4 members (excludes halogenated alkanes) is 5. The van der Waals surface area contributed by atoms with Gasteiger partial charge in [0.25, 0.3) is 0 Å². The van der Waals surface area contributed by atoms with Crippen molar-refractivity contribution in [3.63, 3.8) is 0 Å². The minimum absolute atomic E-state index is 0.536. The third-order valence-corrected chi connectivity index (χ3v) is 5.72. The van der Waals surface area contributed by atoms with Crippen molar-refractivity contribution in [2.24, 2.45) is 0 Å². The molecule has 0 amide bonds. The third kappa shape index (κ3) is 6.73. The van der Waals surface area contributed by atoms with Crippen LogP contribution in [0.2, 0.25) is 0 Å². The highest BCUT2D eigenvalue weighted by atomic mass is 79.9. The van der Waals surface area contributed by atoms with E-state index in [2.05, 4.69) is 48.1 Å². The molecule has 0 aliphatic heterocycles. The Morgan fingerprint density at radius 1 is 1.10 bits per heavy atom. The van der Waals surface area contributed by atoms with E-state index in [1.54, 1.807) is 0 Å². The van der Waals surface area contributed by atoms with Gasteiger partial charge >= 0.3 is 0 Å². The number of nitrogens with one attached hydrogen (secondary N) is 1. The Hall–Kier alpha value is 0.140. The zero-order valence-corrected chi connectivity index (χ0v) is 15.7. The first kappa shape index (κ1) is 18.2. The van der Waals surface area contributed by atoms with Gasteiger partial charge in [0, 0.05) is 20.3 Å². The average Bonchev–Trinajstić information content (AvgIpc) is 2.76. The first-order chi connectivity index (χ1) is 9.69. The second kappa shape index (κ2) is 10.8. The minimum Gasteiger partial charge on any atom is -0.309 e. The molecular weight excluding hydrogens is 330 g/mol. The molecule has 1 aromatic heterocycles. The number of rotatable bonds is 11. The highest BCUT2D eigenvalue weighted by Gasteiger charge is 2.16. The monoisotopic (exact) mass is 359 g/mol. The summed E-state index contributed by atoms with van der Waals surface area (Å²) in [6.45, 7) is 7.83. The van der Waals surface area contributed by atoms with Crippen molar-refractivity contribution in [3.8, 4) is 0 Å². The zero-order valence-electron chi connectivity index (χ0n) is 13.3. The number of aryl methyl sites for hydroxylation is 1. The van der Waals surface area contributed by atoms with Crippen LogP contribution in [0.25, 0.3) is 0 Å². The van der Waals surface area contributed by atoms with Crippen molar-refractivity contribution in [2.45, 2.75) is 78.2 Å². The first-order valence-corrected chi connectivity index (χ1v) is 9.79. The summed E-state index contributed by atoms with van der Waals surface area (Å²) in [7, 11) is 0. The van der Waals surface area contributed by atoms with Crippen molar-refractivity contribution in [1.29, 1.82) is 0 Å². The molecule has 1 nitrogen and oxygen atoms in total. The van der Waals surface area contributed by atoms with Crippen molar-refractivity contribution in [2.75, 3.05) is 6.54 Å². The largest absolute Gasteiger partial charge is 0.309 e. The van der Waals surface area contributed by atoms with Gasteiger partial charge in [0.05, 0.1) is 0 Å². The van der Waals surface area contributed by atoms with Crippen LogP contribution in [-0.4, -0.2) is 6.54 Å². The molecule has 1 rings (SSSR count). The van der Waals surface area contributed by atoms with Crippen LogP contribution < -0.4 is 5.32 Å². The zero-order chi connectivity index (χ0) is 14.8. The average molecular weight is 360 g/mol. The topological polar surface area (TPSA) is 12.0 Å². The number of hydrogen-bond donors (Lipinski definition) is 1. The number of hydrogen-bond acceptors (Lipinski definition) is 2. The Bertz CT molecular complexity index is 362. The van der Waals surface area contributed by atoms with Gasteiger partial charge in [-0.3, -0.25) is 0 Å². The fourth-order valence-corrected chi connectivity index (χ4v) is 4.55. The quantitative estimate of drug-likeness (QED) is 0.438. The Balaban J connectivity index is 2.42. The van der Waals surface area contributed by atoms with Crippen LogP contribution in [-0.2, 0) is 0 Å². The molecule has 20 heavy (non-hydrogen) atoms. The van der Waals surface area contributed by atoms with Gasteiger partial charge in [0.1, 0.15) is 0 Å². The first-order valence-electron chi connectivity index (χ1n) is 8.18. The van der Waals surface area contributed by atoms with Crippen molar-refractivity contribution >= 4 is 27.3 Å². The van der Waals surface area contributed by atoms with E-state index in [4.69, 9.17) is 0 Å². The molecule has 0 saturated heterocycles. The van der Waals surface area contributed by atoms with E-state index in [1.165, 1.54) is 65.6 Å². The number of halogens is 1. The second-order valence-electron chi connectivity index (χ2n) is 5.63. The summed E-state index contributed by atoms with van der Waals surface area (Å²) in [5, 5.41) is 3.72. The molecular formula is C17H30BrNS. The lowest BCUT2D eigenvalue weighted by molar-refractivity contribution is 0.471. The van der Waals surface area contributed by atoms with E-state index in [0.29, 0.717) is 6.04 Å². The standard InChI is InChI=1S/C17H30BrNS/c1-4-6-7-8-9-10-11-16(19-12-5-2)17-15(18)13-14(3)20-17/h13,16,19H,4-12H2,1-3H3. The van der Waals surface area contributed by atoms with Gasteiger partial charge in [-0.05, 0) is 48.3 Å². The molecule has 3 heteroatoms. The molecule has 0 bridgehead atoms. The summed E-state index contributed by atoms with van der Waals surface area (Å²) in [5.41, 5.74) is 0. The van der Waals surface area contributed by atoms with Crippen LogP contribution in [0.4, 0.5) is 0 Å². The predicted octanol–water partition coefficient (Wildman–Crippen LogP) is 6.61. The van der Waals surface area contributed by atoms with E-state index < -0.39 is 0 Å². The van der Waals surface area contributed by atoms with Gasteiger partial charge in [-0.2, -0.15) is 0 Å². The lowest BCUT2D eigenvalue weighted by atomic mass is 10.0. The molecule has 0 spiro atoms. The summed E-state index contributed by atoms with van der Waals surface area (Å²) in [6.07, 6.45) is 10.7. The summed E-state index contributed by atoms with van der Waals surface area (Å²) >= 11 is 5.66. The molecule has 1 aromatic rings. The van der Waals surface area contributed by atoms with Crippen LogP contribution in [0.1, 0.15) is 81.0 Å². The maximum Gasteiger partial charge on any atom is 0.0426 e. The molecule has 116 valence electrons. The Kier molecular flexibility index (Phi) is 9.83. The lowest BCUT2D eigenvalue weighted by Crippen LogP contribution is -2.21. The van der Waals surface area contributed by atoms with Gasteiger partial charge in [0.2, 0.25) is 0 Å². The molecule has 0 saturated carbocycles. The fourth-order valence-electron chi connectivity index (χ4n) is 2.51. The smallest absolute Gasteiger partial charge is 0.0426 e. The molecule has 1 N–H and O–H groups in total. The van der Waals surface area contributed by atoms with Gasteiger partial charge in [-0.1, -0.05) is 52.4 Å². The van der Waals surface area contributed by atoms with E-state index in [-0.39, 0.29) is 0 Å². The predicted molar refractivity (Wildman–Crippen MR) is 95.8 cm³/mol. The van der Waals surface area contributed by atoms with E-state index >= 15 is 0 Å². The highest BCUT2D eigenvalue weighted by Crippen LogP contribution is 2.34. The normalized spacial score (nSPS) is 12.8. The Labute approximate surface area is 137 Å². The highest BCUT2D eigenvalue weighted by molar-refractivity contribution is 9.10. The SMILES string of the molecule is CCCCCCCCC(NCCC)c1sc(C)cc1Br. The van der Waals surface area contributed by atoms with Gasteiger partial charge in [-0.15, -0.1) is 11.3 Å². The Morgan fingerprint density at radius 2 is 1.80 bits per heavy atom. The van der Waals surface area contributed by atoms with Crippen molar-refractivity contribution in [1.82, 2.24) is 5.32 Å². The summed E-state index contributed by atoms with van der Waals surface area (Å²) in [6, 6.07) is 2.79. The molecule has 1 atom stereocenters. The second-order valence-corrected chi connectivity index (χ2v) is 7.77. The molecule has 0 aliphatic carbocycles. The van der Waals surface area contributed by atoms with Crippen LogP contribution in [0.3, 0.4) is 0 Å². The van der Waals surface area contributed by atoms with Crippen LogP contribution >= 0.6 is 27.3 Å². The fraction of sp³-hybridized carbons (Fsp3) is 0.765. The van der Waals surface area contributed by atoms with E-state index in [1.807, 2.05) is 11.3 Å². The maximum absolute atomic E-state index is 3.72. The van der Waals surface area contributed by atoms with E-state index in [0.717, 1.165) is 6.54 Å². The molecule has 1 heterocycles. The molecule has 0 aliphatic rings. The summed E-state index contributed by atoms with van der Waals surface area (Å²) in [5.74, 6) is 0. The maximum atomic E-state index is 3.72. The van der Waals surface area contributed by atoms with Gasteiger partial charge < -0.3 is 5.32 Å². The summed E-state index contributed by atoms with van der Waals surface area (Å²) in [4.78, 5) is 2.89. The van der Waals surface area contributed by atoms with Crippen molar-refractivity contribution < 1.29 is 0 Å². The lowest BCUT2D eigenvalue weighted by Gasteiger charge is -2.18. The van der Waals surface area contributed by atoms with Gasteiger partial charge in [-0.25, -0.2) is 0 Å². The van der Waals surface area contributed by atoms with Crippen LogP contribution in [0, 0.1) is 6.92 Å². The van der Waals surface area contributed by atoms with Crippen LogP contribution in [0.15, 0.2) is 10.5 Å². The van der Waals surface area contributed by atoms with Crippen molar-refractivity contribution in [3.05, 3.63) is 20.3 Å². The molecule has 0 aromatic carbocycles. The third-order valence-electron chi connectivity index (χ3n) is 3.64. The minimum atomic E-state index is 0.536. The van der Waals surface area contributed by atoms with Gasteiger partial charge in [0.15, 0.2) is 0 Å². The van der Waals surface area contributed by atoms with Crippen LogP contribution in [0.5, 0.6) is 0 Å². The molecule has 0 radical (unpaired) electrons. The Morgan fingerprint density at radius 3 is 2.40 bits per heavy atom.